The molecule has 0 radical (unpaired) electrons. The molecular weight excluding hydrogens is 389 g/mol. The van der Waals surface area contributed by atoms with Crippen molar-refractivity contribution in [1.29, 1.82) is 0 Å². The van der Waals surface area contributed by atoms with Crippen molar-refractivity contribution in [3.63, 3.8) is 0 Å². The molecule has 0 aliphatic carbocycles. The molecule has 0 amide bonds. The van der Waals surface area contributed by atoms with Gasteiger partial charge in [0, 0.05) is 42.9 Å². The van der Waals surface area contributed by atoms with E-state index in [2.05, 4.69) is 5.10 Å². The number of hydrogen-bond donors (Lipinski definition) is 0. The highest BCUT2D eigenvalue weighted by Gasteiger charge is 2.35. The third-order valence-corrected chi connectivity index (χ3v) is 3.92. The van der Waals surface area contributed by atoms with Crippen LogP contribution in [0.1, 0.15) is 11.3 Å². The van der Waals surface area contributed by atoms with Gasteiger partial charge in [-0.05, 0) is 12.1 Å². The Morgan fingerprint density at radius 1 is 1.26 bits per heavy atom. The van der Waals surface area contributed by atoms with Gasteiger partial charge in [-0.25, -0.2) is 13.9 Å². The zero-order chi connectivity index (χ0) is 19.9. The maximum atomic E-state index is 13.0. The van der Waals surface area contributed by atoms with Crippen LogP contribution in [0.2, 0.25) is 0 Å². The van der Waals surface area contributed by atoms with Crippen LogP contribution in [0.15, 0.2) is 49.6 Å². The average molecular weight is 401 g/mol. The van der Waals surface area contributed by atoms with Crippen molar-refractivity contribution < 1.29 is 17.6 Å². The smallest absolute Gasteiger partial charge is 0.431 e. The third kappa shape index (κ3) is 3.35. The second-order valence-electron chi connectivity index (χ2n) is 5.57. The minimum atomic E-state index is -4.83. The van der Waals surface area contributed by atoms with Gasteiger partial charge in [0.05, 0.1) is 18.2 Å². The van der Waals surface area contributed by atoms with Gasteiger partial charge in [-0.1, -0.05) is 6.07 Å². The van der Waals surface area contributed by atoms with Crippen molar-refractivity contribution in [3.05, 3.63) is 62.6 Å². The van der Waals surface area contributed by atoms with Gasteiger partial charge in [0.25, 0.3) is 5.56 Å². The number of nitrogens with zero attached hydrogens (tertiary/aromatic N) is 4. The Hall–Kier alpha value is -3.01. The largest absolute Gasteiger partial charge is 0.462 e. The summed E-state index contributed by atoms with van der Waals surface area (Å²) in [5.74, 6) is 0. The lowest BCUT2D eigenvalue weighted by atomic mass is 10.1. The van der Waals surface area contributed by atoms with Crippen LogP contribution < -0.4 is 11.2 Å². The first-order chi connectivity index (χ1) is 12.6. The zero-order valence-corrected chi connectivity index (χ0v) is 14.7. The van der Waals surface area contributed by atoms with Crippen molar-refractivity contribution in [2.24, 2.45) is 12.1 Å². The highest BCUT2D eigenvalue weighted by Crippen LogP contribution is 2.28. The molecule has 0 aliphatic heterocycles. The number of hydrogen-bond acceptors (Lipinski definition) is 5. The van der Waals surface area contributed by atoms with E-state index in [4.69, 9.17) is 16.2 Å². The lowest BCUT2D eigenvalue weighted by Crippen LogP contribution is -2.40. The predicted molar refractivity (Wildman–Crippen MR) is 93.3 cm³/mol. The molecule has 0 saturated carbocycles. The van der Waals surface area contributed by atoms with Crippen molar-refractivity contribution in [3.8, 4) is 5.69 Å². The molecule has 1 aromatic carbocycles. The van der Waals surface area contributed by atoms with Crippen LogP contribution >= 0.6 is 11.8 Å². The highest BCUT2D eigenvalue weighted by atomic mass is 35.5. The predicted octanol–water partition coefficient (Wildman–Crippen LogP) is 2.72. The fourth-order valence-electron chi connectivity index (χ4n) is 2.62. The molecule has 0 unspecified atom stereocenters. The van der Waals surface area contributed by atoms with E-state index in [1.807, 2.05) is 0 Å². The Morgan fingerprint density at radius 3 is 2.59 bits per heavy atom. The highest BCUT2D eigenvalue weighted by molar-refractivity contribution is 6.13. The summed E-state index contributed by atoms with van der Waals surface area (Å²) in [6.07, 6.45) is -2.07. The van der Waals surface area contributed by atoms with Crippen molar-refractivity contribution in [2.45, 2.75) is 6.18 Å². The Kier molecular flexibility index (Phi) is 4.60. The molecule has 0 bridgehead atoms. The first kappa shape index (κ1) is 18.8. The first-order valence-electron chi connectivity index (χ1n) is 7.45. The number of benzene rings is 1. The molecular formula is C16H12ClF3N4O3. The summed E-state index contributed by atoms with van der Waals surface area (Å²) in [6, 6.07) is 4.88. The number of hydrazone groups is 1. The molecule has 0 saturated heterocycles. The van der Waals surface area contributed by atoms with Gasteiger partial charge < -0.3 is 4.42 Å². The van der Waals surface area contributed by atoms with Crippen LogP contribution in [0.3, 0.4) is 0 Å². The Balaban J connectivity index is 2.28. The minimum Gasteiger partial charge on any atom is -0.462 e. The minimum absolute atomic E-state index is 0.0192. The van der Waals surface area contributed by atoms with Crippen LogP contribution in [0.5, 0.6) is 0 Å². The second kappa shape index (κ2) is 6.62. The molecule has 2 heterocycles. The summed E-state index contributed by atoms with van der Waals surface area (Å²) in [5, 5.41) is 4.39. The Morgan fingerprint density at radius 2 is 1.96 bits per heavy atom. The number of fused-ring (bicyclic) bond motifs is 1. The van der Waals surface area contributed by atoms with Crippen LogP contribution in [-0.4, -0.2) is 26.9 Å². The van der Waals surface area contributed by atoms with Crippen molar-refractivity contribution >= 4 is 29.0 Å². The molecule has 3 aromatic rings. The number of rotatable bonds is 3. The van der Waals surface area contributed by atoms with E-state index < -0.39 is 23.1 Å². The number of alkyl halides is 3. The summed E-state index contributed by atoms with van der Waals surface area (Å²) in [5.41, 5.74) is -2.86. The molecule has 11 heteroatoms. The second-order valence-corrected chi connectivity index (χ2v) is 6.06. The molecule has 0 aliphatic rings. The monoisotopic (exact) mass is 400 g/mol. The average Bonchev–Trinajstić information content (AvgIpc) is 3.06. The standard InChI is InChI=1S/C16H12ClF3N4O3/c1-22-12(16(18,19)20)7-13(25)24(15(22)26)11-4-3-9(8-21-23(2)17)10-5-6-27-14(10)11/h3-8H,1-2H3. The van der Waals surface area contributed by atoms with Crippen LogP contribution in [0.25, 0.3) is 16.7 Å². The van der Waals surface area contributed by atoms with Crippen LogP contribution in [0.4, 0.5) is 13.2 Å². The van der Waals surface area contributed by atoms with Gasteiger partial charge >= 0.3 is 11.9 Å². The molecule has 27 heavy (non-hydrogen) atoms. The van der Waals surface area contributed by atoms with Gasteiger partial charge in [0.1, 0.15) is 5.69 Å². The van der Waals surface area contributed by atoms with Crippen molar-refractivity contribution in [2.75, 3.05) is 7.05 Å². The zero-order valence-electron chi connectivity index (χ0n) is 14.0. The first-order valence-corrected chi connectivity index (χ1v) is 7.79. The summed E-state index contributed by atoms with van der Waals surface area (Å²) in [4.78, 5) is 24.7. The van der Waals surface area contributed by atoms with E-state index in [1.54, 1.807) is 12.1 Å². The van der Waals surface area contributed by atoms with Crippen LogP contribution in [-0.2, 0) is 13.2 Å². The molecule has 3 rings (SSSR count). The quantitative estimate of drug-likeness (QED) is 0.385. The number of furan rings is 1. The maximum absolute atomic E-state index is 13.0. The summed E-state index contributed by atoms with van der Waals surface area (Å²) in [6.45, 7) is 0. The van der Waals surface area contributed by atoms with E-state index in [0.717, 1.165) is 11.6 Å². The summed E-state index contributed by atoms with van der Waals surface area (Å²) < 4.78 is 46.4. The van der Waals surface area contributed by atoms with E-state index in [9.17, 15) is 22.8 Å². The third-order valence-electron chi connectivity index (χ3n) is 3.84. The van der Waals surface area contributed by atoms with E-state index in [0.29, 0.717) is 26.2 Å². The normalized spacial score (nSPS) is 12.2. The Labute approximate surface area is 154 Å². The lowest BCUT2D eigenvalue weighted by molar-refractivity contribution is -0.144. The van der Waals surface area contributed by atoms with Gasteiger partial charge in [-0.15, -0.1) is 0 Å². The van der Waals surface area contributed by atoms with Gasteiger partial charge in [-0.2, -0.15) is 18.3 Å². The maximum Gasteiger partial charge on any atom is 0.431 e. The molecule has 142 valence electrons. The molecule has 0 atom stereocenters. The number of halogens is 4. The molecule has 0 N–H and O–H groups in total. The van der Waals surface area contributed by atoms with Gasteiger partial charge in [-0.3, -0.25) is 9.36 Å². The lowest BCUT2D eigenvalue weighted by Gasteiger charge is -2.14. The molecule has 7 nitrogen and oxygen atoms in total. The molecule has 2 aromatic heterocycles. The fourth-order valence-corrected chi connectivity index (χ4v) is 2.66. The SMILES string of the molecule is CN(Cl)N=Cc1ccc(-n2c(=O)cc(C(F)(F)F)n(C)c2=O)c2occc12. The van der Waals surface area contributed by atoms with Crippen molar-refractivity contribution in [1.82, 2.24) is 13.7 Å². The van der Waals surface area contributed by atoms with E-state index in [1.165, 1.54) is 25.6 Å². The fraction of sp³-hybridized carbons (Fsp3) is 0.188. The summed E-state index contributed by atoms with van der Waals surface area (Å²) in [7, 11) is 2.45. The van der Waals surface area contributed by atoms with E-state index in [-0.39, 0.29) is 11.3 Å². The van der Waals surface area contributed by atoms with E-state index >= 15 is 0 Å². The summed E-state index contributed by atoms with van der Waals surface area (Å²) >= 11 is 5.62. The topological polar surface area (TPSA) is 72.7 Å². The van der Waals surface area contributed by atoms with Crippen LogP contribution in [0, 0.1) is 0 Å². The van der Waals surface area contributed by atoms with Gasteiger partial charge in [0.2, 0.25) is 0 Å². The Bertz CT molecular complexity index is 1160. The molecule has 0 fully saturated rings. The van der Waals surface area contributed by atoms with Gasteiger partial charge in [0.15, 0.2) is 5.58 Å². The molecule has 0 spiro atoms. The number of aromatic nitrogens is 2.